The number of ether oxygens (including phenoxy) is 3. The Morgan fingerprint density at radius 3 is 2.31 bits per heavy atom. The normalized spacial score (nSPS) is 11.0. The first kappa shape index (κ1) is 26.6. The van der Waals surface area contributed by atoms with Crippen LogP contribution in [0, 0.1) is 5.82 Å². The summed E-state index contributed by atoms with van der Waals surface area (Å²) in [6.07, 6.45) is 1.87. The van der Waals surface area contributed by atoms with E-state index in [2.05, 4.69) is 9.97 Å². The SMILES string of the molecule is COc1cc2c(Oc3ccc(-n4c(O)c(Cc5ccccc5)[nH]c4=O)cc3F)ccnc2cc1OCc1ccccc1. The van der Waals surface area contributed by atoms with Crippen molar-refractivity contribution in [3.63, 3.8) is 0 Å². The minimum Gasteiger partial charge on any atom is -0.493 e. The summed E-state index contributed by atoms with van der Waals surface area (Å²) in [6, 6.07) is 28.3. The monoisotopic (exact) mass is 563 g/mol. The molecule has 0 atom stereocenters. The maximum Gasteiger partial charge on any atom is 0.333 e. The van der Waals surface area contributed by atoms with E-state index in [-0.39, 0.29) is 17.3 Å². The maximum atomic E-state index is 15.3. The maximum absolute atomic E-state index is 15.3. The molecule has 0 aliphatic heterocycles. The van der Waals surface area contributed by atoms with Crippen LogP contribution < -0.4 is 19.9 Å². The van der Waals surface area contributed by atoms with Crippen LogP contribution in [0.3, 0.4) is 0 Å². The van der Waals surface area contributed by atoms with Crippen LogP contribution in [0.2, 0.25) is 0 Å². The molecule has 0 saturated heterocycles. The standard InChI is InChI=1S/C33H26FN3O5/c1-40-30-18-24-26(19-31(30)41-20-22-10-6-3-7-11-22)35-15-14-28(24)42-29-13-12-23(17-25(29)34)37-32(38)27(36-33(37)39)16-21-8-4-2-5-9-21/h2-15,17-19,38H,16,20H2,1H3,(H,36,39). The van der Waals surface area contributed by atoms with Gasteiger partial charge in [0.15, 0.2) is 23.1 Å². The van der Waals surface area contributed by atoms with E-state index in [4.69, 9.17) is 14.2 Å². The fraction of sp³-hybridized carbons (Fsp3) is 0.0909. The van der Waals surface area contributed by atoms with Crippen molar-refractivity contribution in [3.8, 4) is 34.6 Å². The number of aromatic hydroxyl groups is 1. The number of H-pyrrole nitrogens is 1. The Labute approximate surface area is 240 Å². The zero-order valence-electron chi connectivity index (χ0n) is 22.6. The number of methoxy groups -OCH3 is 1. The summed E-state index contributed by atoms with van der Waals surface area (Å²) in [6.45, 7) is 0.351. The third-order valence-corrected chi connectivity index (χ3v) is 6.78. The molecule has 0 aliphatic carbocycles. The molecule has 0 unspecified atom stereocenters. The first-order valence-electron chi connectivity index (χ1n) is 13.2. The van der Waals surface area contributed by atoms with Gasteiger partial charge in [-0.1, -0.05) is 60.7 Å². The van der Waals surface area contributed by atoms with Crippen LogP contribution in [-0.4, -0.2) is 26.8 Å². The molecule has 0 saturated carbocycles. The Morgan fingerprint density at radius 2 is 1.60 bits per heavy atom. The van der Waals surface area contributed by atoms with Gasteiger partial charge in [-0.25, -0.2) is 13.8 Å². The predicted molar refractivity (Wildman–Crippen MR) is 156 cm³/mol. The molecule has 0 aliphatic rings. The molecule has 210 valence electrons. The second kappa shape index (κ2) is 11.5. The van der Waals surface area contributed by atoms with E-state index in [0.717, 1.165) is 21.8 Å². The lowest BCUT2D eigenvalue weighted by Gasteiger charge is -2.14. The zero-order chi connectivity index (χ0) is 29.1. The number of aromatic nitrogens is 3. The second-order valence-electron chi connectivity index (χ2n) is 9.55. The van der Waals surface area contributed by atoms with Crippen LogP contribution in [0.25, 0.3) is 16.6 Å². The number of nitrogens with one attached hydrogen (secondary N) is 1. The zero-order valence-corrected chi connectivity index (χ0v) is 22.6. The number of hydrogen-bond acceptors (Lipinski definition) is 6. The average molecular weight is 564 g/mol. The fourth-order valence-corrected chi connectivity index (χ4v) is 4.69. The summed E-state index contributed by atoms with van der Waals surface area (Å²) in [7, 11) is 1.54. The molecule has 8 nitrogen and oxygen atoms in total. The highest BCUT2D eigenvalue weighted by atomic mass is 19.1. The van der Waals surface area contributed by atoms with Gasteiger partial charge >= 0.3 is 5.69 Å². The molecule has 0 bridgehead atoms. The van der Waals surface area contributed by atoms with Crippen LogP contribution in [0.1, 0.15) is 16.8 Å². The van der Waals surface area contributed by atoms with Gasteiger partial charge in [0.05, 0.1) is 24.0 Å². The van der Waals surface area contributed by atoms with Gasteiger partial charge in [0.2, 0.25) is 5.88 Å². The molecular formula is C33H26FN3O5. The number of halogens is 1. The molecule has 2 aromatic heterocycles. The second-order valence-corrected chi connectivity index (χ2v) is 9.55. The van der Waals surface area contributed by atoms with Gasteiger partial charge in [-0.3, -0.25) is 4.98 Å². The summed E-state index contributed by atoms with van der Waals surface area (Å²) in [5.41, 5.74) is 2.39. The predicted octanol–water partition coefficient (Wildman–Crippen LogP) is 6.53. The number of aromatic amines is 1. The largest absolute Gasteiger partial charge is 0.493 e. The van der Waals surface area contributed by atoms with Crippen molar-refractivity contribution in [3.05, 3.63) is 136 Å². The van der Waals surface area contributed by atoms with Gasteiger partial charge in [-0.05, 0) is 35.4 Å². The summed E-state index contributed by atoms with van der Waals surface area (Å²) in [5, 5.41) is 11.4. The van der Waals surface area contributed by atoms with Crippen molar-refractivity contribution >= 4 is 10.9 Å². The van der Waals surface area contributed by atoms with E-state index in [1.807, 2.05) is 60.7 Å². The summed E-state index contributed by atoms with van der Waals surface area (Å²) in [5.74, 6) is 0.269. The van der Waals surface area contributed by atoms with E-state index in [1.165, 1.54) is 19.2 Å². The minimum atomic E-state index is -0.718. The Hall–Kier alpha value is -5.57. The van der Waals surface area contributed by atoms with Crippen LogP contribution in [0.4, 0.5) is 4.39 Å². The number of benzene rings is 4. The highest BCUT2D eigenvalue weighted by Crippen LogP contribution is 2.38. The Kier molecular flexibility index (Phi) is 7.30. The van der Waals surface area contributed by atoms with Crippen LogP contribution in [0.15, 0.2) is 108 Å². The molecular weight excluding hydrogens is 537 g/mol. The average Bonchev–Trinajstić information content (AvgIpc) is 3.29. The third kappa shape index (κ3) is 5.40. The van der Waals surface area contributed by atoms with Gasteiger partial charge in [-0.2, -0.15) is 0 Å². The van der Waals surface area contributed by atoms with E-state index >= 15 is 4.39 Å². The molecule has 6 rings (SSSR count). The van der Waals surface area contributed by atoms with Crippen molar-refractivity contribution in [2.75, 3.05) is 7.11 Å². The van der Waals surface area contributed by atoms with Crippen molar-refractivity contribution in [1.82, 2.24) is 14.5 Å². The lowest BCUT2D eigenvalue weighted by molar-refractivity contribution is 0.285. The van der Waals surface area contributed by atoms with Crippen molar-refractivity contribution < 1.29 is 23.7 Å². The number of rotatable bonds is 9. The summed E-state index contributed by atoms with van der Waals surface area (Å²) < 4.78 is 33.8. The number of hydrogen-bond donors (Lipinski definition) is 2. The van der Waals surface area contributed by atoms with Crippen LogP contribution in [0.5, 0.6) is 28.9 Å². The molecule has 0 fully saturated rings. The molecule has 4 aromatic carbocycles. The first-order valence-corrected chi connectivity index (χ1v) is 13.2. The van der Waals surface area contributed by atoms with Gasteiger partial charge in [0, 0.05) is 30.1 Å². The van der Waals surface area contributed by atoms with E-state index in [0.29, 0.717) is 46.9 Å². The summed E-state index contributed by atoms with van der Waals surface area (Å²) in [4.78, 5) is 19.8. The summed E-state index contributed by atoms with van der Waals surface area (Å²) >= 11 is 0. The quantitative estimate of drug-likeness (QED) is 0.208. The Bertz CT molecular complexity index is 1920. The molecule has 2 N–H and O–H groups in total. The highest BCUT2D eigenvalue weighted by Gasteiger charge is 2.18. The Morgan fingerprint density at radius 1 is 0.857 bits per heavy atom. The van der Waals surface area contributed by atoms with Gasteiger partial charge in [-0.15, -0.1) is 0 Å². The molecule has 0 amide bonds. The molecule has 2 heterocycles. The number of imidazole rings is 1. The molecule has 6 aromatic rings. The van der Waals surface area contributed by atoms with E-state index in [1.54, 1.807) is 24.4 Å². The van der Waals surface area contributed by atoms with Crippen molar-refractivity contribution in [2.45, 2.75) is 13.0 Å². The minimum absolute atomic E-state index is 0.0674. The topological polar surface area (TPSA) is 98.6 Å². The lowest BCUT2D eigenvalue weighted by Crippen LogP contribution is -2.14. The van der Waals surface area contributed by atoms with Gasteiger partial charge < -0.3 is 24.3 Å². The van der Waals surface area contributed by atoms with Crippen LogP contribution >= 0.6 is 0 Å². The number of fused-ring (bicyclic) bond motifs is 1. The smallest absolute Gasteiger partial charge is 0.333 e. The highest BCUT2D eigenvalue weighted by molar-refractivity contribution is 5.88. The van der Waals surface area contributed by atoms with Gasteiger partial charge in [0.1, 0.15) is 12.4 Å². The first-order chi connectivity index (χ1) is 20.5. The molecule has 0 spiro atoms. The number of pyridine rings is 1. The van der Waals surface area contributed by atoms with E-state index in [9.17, 15) is 9.90 Å². The van der Waals surface area contributed by atoms with E-state index < -0.39 is 11.5 Å². The van der Waals surface area contributed by atoms with Crippen molar-refractivity contribution in [2.24, 2.45) is 0 Å². The number of nitrogens with zero attached hydrogens (tertiary/aromatic N) is 2. The Balaban J connectivity index is 1.26. The molecule has 42 heavy (non-hydrogen) atoms. The van der Waals surface area contributed by atoms with Crippen molar-refractivity contribution in [1.29, 1.82) is 0 Å². The fourth-order valence-electron chi connectivity index (χ4n) is 4.69. The van der Waals surface area contributed by atoms with Crippen LogP contribution in [-0.2, 0) is 13.0 Å². The third-order valence-electron chi connectivity index (χ3n) is 6.78. The van der Waals surface area contributed by atoms with Gasteiger partial charge in [0.25, 0.3) is 0 Å². The lowest BCUT2D eigenvalue weighted by atomic mass is 10.1. The molecule has 9 heteroatoms. The molecule has 0 radical (unpaired) electrons.